The highest BCUT2D eigenvalue weighted by Gasteiger charge is 2.06. The average Bonchev–Trinajstić information content (AvgIpc) is 2.90. The first-order valence-electron chi connectivity index (χ1n) is 5.96. The molecule has 0 saturated carbocycles. The number of hydrogen-bond acceptors (Lipinski definition) is 3. The average molecular weight is 325 g/mol. The Labute approximate surface area is 124 Å². The van der Waals surface area contributed by atoms with Crippen LogP contribution < -0.4 is 0 Å². The van der Waals surface area contributed by atoms with E-state index in [0.29, 0.717) is 5.70 Å². The Morgan fingerprint density at radius 3 is 2.20 bits per heavy atom. The summed E-state index contributed by atoms with van der Waals surface area (Å²) in [6.45, 7) is 0. The number of rotatable bonds is 2. The monoisotopic (exact) mass is 324 g/mol. The van der Waals surface area contributed by atoms with E-state index in [9.17, 15) is 5.26 Å². The zero-order valence-corrected chi connectivity index (χ0v) is 11.9. The normalized spacial score (nSPS) is 11.5. The van der Waals surface area contributed by atoms with Crippen molar-refractivity contribution in [1.82, 2.24) is 15.0 Å². The van der Waals surface area contributed by atoms with Gasteiger partial charge in [0.05, 0.1) is 0 Å². The molecule has 96 valence electrons. The smallest absolute Gasteiger partial charge is 0.163 e. The Kier molecular flexibility index (Phi) is 3.32. The molecule has 0 radical (unpaired) electrons. The van der Waals surface area contributed by atoms with E-state index in [-0.39, 0.29) is 0 Å². The molecule has 0 aliphatic heterocycles. The summed E-state index contributed by atoms with van der Waals surface area (Å²) in [5.74, 6) is 0. The molecular weight excluding hydrogens is 316 g/mol. The summed E-state index contributed by atoms with van der Waals surface area (Å²) in [6, 6.07) is 17.3. The van der Waals surface area contributed by atoms with Crippen molar-refractivity contribution in [2.24, 2.45) is 0 Å². The van der Waals surface area contributed by atoms with Crippen molar-refractivity contribution in [3.63, 3.8) is 0 Å². The first kappa shape index (κ1) is 12.6. The van der Waals surface area contributed by atoms with Gasteiger partial charge in [0.1, 0.15) is 17.1 Å². The van der Waals surface area contributed by atoms with Gasteiger partial charge in [-0.05, 0) is 35.9 Å². The molecule has 0 N–H and O–H groups in total. The third kappa shape index (κ3) is 2.46. The molecule has 20 heavy (non-hydrogen) atoms. The van der Waals surface area contributed by atoms with E-state index in [1.807, 2.05) is 48.5 Å². The predicted molar refractivity (Wildman–Crippen MR) is 81.5 cm³/mol. The zero-order valence-electron chi connectivity index (χ0n) is 10.4. The molecule has 5 heteroatoms. The van der Waals surface area contributed by atoms with Crippen molar-refractivity contribution in [3.8, 4) is 6.07 Å². The molecule has 0 aliphatic carbocycles. The molecule has 0 spiro atoms. The van der Waals surface area contributed by atoms with Gasteiger partial charge in [0.2, 0.25) is 0 Å². The van der Waals surface area contributed by atoms with Gasteiger partial charge >= 0.3 is 0 Å². The van der Waals surface area contributed by atoms with Crippen LogP contribution in [0.2, 0.25) is 0 Å². The highest BCUT2D eigenvalue weighted by atomic mass is 79.9. The maximum atomic E-state index is 9.29. The summed E-state index contributed by atoms with van der Waals surface area (Å²) in [6.07, 6.45) is 1.76. The predicted octanol–water partition coefficient (Wildman–Crippen LogP) is 3.72. The Morgan fingerprint density at radius 2 is 1.65 bits per heavy atom. The van der Waals surface area contributed by atoms with Crippen LogP contribution in [0.25, 0.3) is 22.8 Å². The topological polar surface area (TPSA) is 54.5 Å². The van der Waals surface area contributed by atoms with Crippen LogP contribution in [0.5, 0.6) is 0 Å². The standard InChI is InChI=1S/C15H9BrN4/c16-12-7-5-11(6-8-12)9-13(10-17)20-18-14-3-1-2-4-15(14)19-20/h1-9H/b13-9+. The van der Waals surface area contributed by atoms with Gasteiger partial charge in [0, 0.05) is 4.47 Å². The number of hydrogen-bond donors (Lipinski definition) is 0. The Morgan fingerprint density at radius 1 is 1.05 bits per heavy atom. The quantitative estimate of drug-likeness (QED) is 0.675. The van der Waals surface area contributed by atoms with Crippen LogP contribution in [0.1, 0.15) is 5.56 Å². The molecule has 0 saturated heterocycles. The fraction of sp³-hybridized carbons (Fsp3) is 0. The minimum absolute atomic E-state index is 0.378. The summed E-state index contributed by atoms with van der Waals surface area (Å²) in [5.41, 5.74) is 2.84. The van der Waals surface area contributed by atoms with Gasteiger partial charge in [-0.3, -0.25) is 0 Å². The Bertz CT molecular complexity index is 792. The van der Waals surface area contributed by atoms with Crippen LogP contribution >= 0.6 is 15.9 Å². The molecule has 3 aromatic rings. The van der Waals surface area contributed by atoms with Gasteiger partial charge in [-0.1, -0.05) is 40.2 Å². The van der Waals surface area contributed by atoms with Gasteiger partial charge in [-0.25, -0.2) is 0 Å². The number of fused-ring (bicyclic) bond motifs is 1. The second-order valence-electron chi connectivity index (χ2n) is 4.17. The lowest BCUT2D eigenvalue weighted by Crippen LogP contribution is -1.99. The molecular formula is C15H9BrN4. The summed E-state index contributed by atoms with van der Waals surface area (Å²) < 4.78 is 0.996. The van der Waals surface area contributed by atoms with E-state index in [4.69, 9.17) is 0 Å². The summed E-state index contributed by atoms with van der Waals surface area (Å²) in [4.78, 5) is 1.37. The fourth-order valence-electron chi connectivity index (χ4n) is 1.82. The minimum Gasteiger partial charge on any atom is -0.191 e. The lowest BCUT2D eigenvalue weighted by Gasteiger charge is -1.97. The van der Waals surface area contributed by atoms with E-state index in [1.165, 1.54) is 4.80 Å². The molecule has 0 aliphatic rings. The summed E-state index contributed by atoms with van der Waals surface area (Å²) >= 11 is 3.38. The molecule has 1 heterocycles. The number of nitriles is 1. The largest absolute Gasteiger partial charge is 0.191 e. The number of aromatic nitrogens is 3. The maximum absolute atomic E-state index is 9.29. The second-order valence-corrected chi connectivity index (χ2v) is 5.09. The summed E-state index contributed by atoms with van der Waals surface area (Å²) in [5, 5.41) is 17.9. The van der Waals surface area contributed by atoms with E-state index >= 15 is 0 Å². The molecule has 0 bridgehead atoms. The Balaban J connectivity index is 2.05. The number of halogens is 1. The van der Waals surface area contributed by atoms with Crippen LogP contribution in [0.15, 0.2) is 53.0 Å². The van der Waals surface area contributed by atoms with Crippen molar-refractivity contribution in [2.75, 3.05) is 0 Å². The lowest BCUT2D eigenvalue weighted by atomic mass is 10.2. The lowest BCUT2D eigenvalue weighted by molar-refractivity contribution is 0.796. The van der Waals surface area contributed by atoms with Crippen LogP contribution in [-0.4, -0.2) is 15.0 Å². The van der Waals surface area contributed by atoms with Crippen molar-refractivity contribution < 1.29 is 0 Å². The zero-order chi connectivity index (χ0) is 13.9. The number of nitrogens with zero attached hydrogens (tertiary/aromatic N) is 4. The van der Waals surface area contributed by atoms with Crippen molar-refractivity contribution in [1.29, 1.82) is 5.26 Å². The second kappa shape index (κ2) is 5.27. The highest BCUT2D eigenvalue weighted by molar-refractivity contribution is 9.10. The molecule has 4 nitrogen and oxygen atoms in total. The van der Waals surface area contributed by atoms with Gasteiger partial charge < -0.3 is 0 Å². The van der Waals surface area contributed by atoms with Crippen LogP contribution in [0.3, 0.4) is 0 Å². The van der Waals surface area contributed by atoms with Gasteiger partial charge in [-0.2, -0.15) is 5.26 Å². The van der Waals surface area contributed by atoms with Crippen LogP contribution in [0.4, 0.5) is 0 Å². The third-order valence-corrected chi connectivity index (χ3v) is 3.32. The molecule has 0 fully saturated rings. The molecule has 0 unspecified atom stereocenters. The van der Waals surface area contributed by atoms with Crippen LogP contribution in [-0.2, 0) is 0 Å². The van der Waals surface area contributed by atoms with Crippen molar-refractivity contribution in [3.05, 3.63) is 58.6 Å². The van der Waals surface area contributed by atoms with E-state index in [1.54, 1.807) is 6.08 Å². The van der Waals surface area contributed by atoms with Gasteiger partial charge in [0.15, 0.2) is 5.70 Å². The SMILES string of the molecule is N#C/C(=C\c1ccc(Br)cc1)n1nc2ccccc2n1. The number of benzene rings is 2. The Hall–Kier alpha value is -2.45. The minimum atomic E-state index is 0.378. The van der Waals surface area contributed by atoms with Gasteiger partial charge in [0.25, 0.3) is 0 Å². The summed E-state index contributed by atoms with van der Waals surface area (Å²) in [7, 11) is 0. The third-order valence-electron chi connectivity index (χ3n) is 2.79. The van der Waals surface area contributed by atoms with E-state index in [2.05, 4.69) is 32.2 Å². The van der Waals surface area contributed by atoms with E-state index < -0.39 is 0 Å². The number of allylic oxidation sites excluding steroid dienone is 1. The van der Waals surface area contributed by atoms with Gasteiger partial charge in [-0.15, -0.1) is 15.0 Å². The molecule has 3 rings (SSSR count). The molecule has 0 atom stereocenters. The van der Waals surface area contributed by atoms with E-state index in [0.717, 1.165) is 21.1 Å². The highest BCUT2D eigenvalue weighted by Crippen LogP contribution is 2.16. The van der Waals surface area contributed by atoms with Crippen LogP contribution in [0, 0.1) is 11.3 Å². The first-order valence-corrected chi connectivity index (χ1v) is 6.75. The molecule has 1 aromatic heterocycles. The first-order chi connectivity index (χ1) is 9.76. The fourth-order valence-corrected chi connectivity index (χ4v) is 2.08. The van der Waals surface area contributed by atoms with Crippen molar-refractivity contribution >= 4 is 38.7 Å². The van der Waals surface area contributed by atoms with Crippen molar-refractivity contribution in [2.45, 2.75) is 0 Å². The maximum Gasteiger partial charge on any atom is 0.163 e. The molecule has 0 amide bonds. The molecule has 2 aromatic carbocycles.